The van der Waals surface area contributed by atoms with Crippen LogP contribution in [0.4, 0.5) is 11.4 Å². The smallest absolute Gasteiger partial charge is 0.255 e. The lowest BCUT2D eigenvalue weighted by Gasteiger charge is -2.09. The molecule has 5 nitrogen and oxygen atoms in total. The van der Waals surface area contributed by atoms with Gasteiger partial charge in [0, 0.05) is 17.3 Å². The summed E-state index contributed by atoms with van der Waals surface area (Å²) in [6.07, 6.45) is 0. The Kier molecular flexibility index (Phi) is 4.66. The van der Waals surface area contributed by atoms with Crippen LogP contribution in [0.3, 0.4) is 0 Å². The van der Waals surface area contributed by atoms with Crippen molar-refractivity contribution in [2.75, 3.05) is 24.8 Å². The lowest BCUT2D eigenvalue weighted by Crippen LogP contribution is -2.12. The van der Waals surface area contributed by atoms with Gasteiger partial charge in [0.1, 0.15) is 11.5 Å². The normalized spacial score (nSPS) is 10.0. The minimum Gasteiger partial charge on any atom is -0.495 e. The summed E-state index contributed by atoms with van der Waals surface area (Å²) in [6.45, 7) is 2.51. The van der Waals surface area contributed by atoms with E-state index >= 15 is 0 Å². The SMILES string of the molecule is CCOc1ccc(C(=O)Nc2ccc(N)c(OC)c2)cc1. The Labute approximate surface area is 123 Å². The second-order valence-electron chi connectivity index (χ2n) is 4.37. The maximum Gasteiger partial charge on any atom is 0.255 e. The van der Waals surface area contributed by atoms with Crippen LogP contribution < -0.4 is 20.5 Å². The van der Waals surface area contributed by atoms with Crippen molar-refractivity contribution in [3.05, 3.63) is 48.0 Å². The minimum atomic E-state index is -0.204. The lowest BCUT2D eigenvalue weighted by molar-refractivity contribution is 0.102. The number of anilines is 2. The van der Waals surface area contributed by atoms with E-state index in [0.29, 0.717) is 29.3 Å². The van der Waals surface area contributed by atoms with Crippen molar-refractivity contribution < 1.29 is 14.3 Å². The molecule has 0 spiro atoms. The van der Waals surface area contributed by atoms with E-state index in [4.69, 9.17) is 15.2 Å². The summed E-state index contributed by atoms with van der Waals surface area (Å²) < 4.78 is 10.5. The fraction of sp³-hybridized carbons (Fsp3) is 0.188. The van der Waals surface area contributed by atoms with Gasteiger partial charge in [-0.15, -0.1) is 0 Å². The Morgan fingerprint density at radius 3 is 2.52 bits per heavy atom. The van der Waals surface area contributed by atoms with Crippen molar-refractivity contribution >= 4 is 17.3 Å². The number of nitrogen functional groups attached to an aromatic ring is 1. The summed E-state index contributed by atoms with van der Waals surface area (Å²) in [4.78, 5) is 12.1. The Balaban J connectivity index is 2.10. The first-order valence-corrected chi connectivity index (χ1v) is 6.61. The monoisotopic (exact) mass is 286 g/mol. The van der Waals surface area contributed by atoms with E-state index in [1.165, 1.54) is 7.11 Å². The molecule has 3 N–H and O–H groups in total. The summed E-state index contributed by atoms with van der Waals surface area (Å²) in [6, 6.07) is 12.1. The van der Waals surface area contributed by atoms with Crippen LogP contribution in [-0.2, 0) is 0 Å². The molecule has 0 unspecified atom stereocenters. The average Bonchev–Trinajstić information content (AvgIpc) is 2.50. The highest BCUT2D eigenvalue weighted by Crippen LogP contribution is 2.25. The number of carbonyl (C=O) groups excluding carboxylic acids is 1. The summed E-state index contributed by atoms with van der Waals surface area (Å²) in [5, 5.41) is 2.80. The van der Waals surface area contributed by atoms with E-state index in [-0.39, 0.29) is 5.91 Å². The molecule has 0 saturated heterocycles. The third-order valence-corrected chi connectivity index (χ3v) is 2.92. The number of benzene rings is 2. The van der Waals surface area contributed by atoms with Gasteiger partial charge in [0.2, 0.25) is 0 Å². The van der Waals surface area contributed by atoms with Gasteiger partial charge in [-0.2, -0.15) is 0 Å². The topological polar surface area (TPSA) is 73.6 Å². The molecular weight excluding hydrogens is 268 g/mol. The molecule has 0 aliphatic heterocycles. The number of hydrogen-bond acceptors (Lipinski definition) is 4. The number of rotatable bonds is 5. The van der Waals surface area contributed by atoms with Gasteiger partial charge in [-0.3, -0.25) is 4.79 Å². The fourth-order valence-electron chi connectivity index (χ4n) is 1.86. The molecule has 110 valence electrons. The standard InChI is InChI=1S/C16H18N2O3/c1-3-21-13-7-4-11(5-8-13)16(19)18-12-6-9-14(17)15(10-12)20-2/h4-10H,3,17H2,1-2H3,(H,18,19). The van der Waals surface area contributed by atoms with E-state index in [9.17, 15) is 4.79 Å². The van der Waals surface area contributed by atoms with Gasteiger partial charge in [-0.25, -0.2) is 0 Å². The molecule has 1 amide bonds. The molecule has 0 bridgehead atoms. The second-order valence-corrected chi connectivity index (χ2v) is 4.37. The molecular formula is C16H18N2O3. The molecule has 5 heteroatoms. The van der Waals surface area contributed by atoms with Crippen molar-refractivity contribution in [1.29, 1.82) is 0 Å². The van der Waals surface area contributed by atoms with Crippen molar-refractivity contribution in [2.45, 2.75) is 6.92 Å². The average molecular weight is 286 g/mol. The number of hydrogen-bond donors (Lipinski definition) is 2. The van der Waals surface area contributed by atoms with Crippen LogP contribution in [0.15, 0.2) is 42.5 Å². The van der Waals surface area contributed by atoms with Crippen molar-refractivity contribution in [3.8, 4) is 11.5 Å². The molecule has 0 atom stereocenters. The number of methoxy groups -OCH3 is 1. The van der Waals surface area contributed by atoms with E-state index < -0.39 is 0 Å². The highest BCUT2D eigenvalue weighted by Gasteiger charge is 2.08. The van der Waals surface area contributed by atoms with Crippen LogP contribution in [0.25, 0.3) is 0 Å². The van der Waals surface area contributed by atoms with E-state index in [1.54, 1.807) is 42.5 Å². The summed E-state index contributed by atoms with van der Waals surface area (Å²) >= 11 is 0. The van der Waals surface area contributed by atoms with Gasteiger partial charge in [0.25, 0.3) is 5.91 Å². The zero-order valence-electron chi connectivity index (χ0n) is 12.1. The van der Waals surface area contributed by atoms with E-state index in [2.05, 4.69) is 5.32 Å². The van der Waals surface area contributed by atoms with Gasteiger partial charge in [-0.05, 0) is 43.3 Å². The van der Waals surface area contributed by atoms with Crippen LogP contribution in [0, 0.1) is 0 Å². The summed E-state index contributed by atoms with van der Waals surface area (Å²) in [5.41, 5.74) is 7.44. The molecule has 0 heterocycles. The second kappa shape index (κ2) is 6.65. The number of carbonyl (C=O) groups is 1. The number of nitrogens with one attached hydrogen (secondary N) is 1. The lowest BCUT2D eigenvalue weighted by atomic mass is 10.2. The molecule has 2 rings (SSSR count). The zero-order valence-corrected chi connectivity index (χ0v) is 12.1. The van der Waals surface area contributed by atoms with Crippen molar-refractivity contribution in [1.82, 2.24) is 0 Å². The molecule has 0 aliphatic rings. The zero-order chi connectivity index (χ0) is 15.2. The van der Waals surface area contributed by atoms with Crippen LogP contribution in [0.1, 0.15) is 17.3 Å². The third-order valence-electron chi connectivity index (χ3n) is 2.92. The van der Waals surface area contributed by atoms with Crippen molar-refractivity contribution in [3.63, 3.8) is 0 Å². The van der Waals surface area contributed by atoms with E-state index in [1.807, 2.05) is 6.92 Å². The van der Waals surface area contributed by atoms with Crippen LogP contribution in [0.2, 0.25) is 0 Å². The Bertz CT molecular complexity index is 624. The minimum absolute atomic E-state index is 0.204. The highest BCUT2D eigenvalue weighted by atomic mass is 16.5. The Morgan fingerprint density at radius 2 is 1.90 bits per heavy atom. The van der Waals surface area contributed by atoms with Crippen LogP contribution in [-0.4, -0.2) is 19.6 Å². The molecule has 0 saturated carbocycles. The molecule has 0 aromatic heterocycles. The largest absolute Gasteiger partial charge is 0.495 e. The Morgan fingerprint density at radius 1 is 1.19 bits per heavy atom. The molecule has 0 aliphatic carbocycles. The predicted molar refractivity (Wildman–Crippen MR) is 83.0 cm³/mol. The molecule has 0 radical (unpaired) electrons. The first-order valence-electron chi connectivity index (χ1n) is 6.61. The van der Waals surface area contributed by atoms with Gasteiger partial charge >= 0.3 is 0 Å². The summed E-state index contributed by atoms with van der Waals surface area (Å²) in [7, 11) is 1.53. The molecule has 21 heavy (non-hydrogen) atoms. The summed E-state index contributed by atoms with van der Waals surface area (Å²) in [5.74, 6) is 1.06. The maximum atomic E-state index is 12.1. The van der Waals surface area contributed by atoms with Crippen LogP contribution in [0.5, 0.6) is 11.5 Å². The van der Waals surface area contributed by atoms with Gasteiger partial charge < -0.3 is 20.5 Å². The highest BCUT2D eigenvalue weighted by molar-refractivity contribution is 6.04. The first kappa shape index (κ1) is 14.7. The van der Waals surface area contributed by atoms with Crippen LogP contribution >= 0.6 is 0 Å². The number of amides is 1. The fourth-order valence-corrected chi connectivity index (χ4v) is 1.86. The molecule has 2 aromatic carbocycles. The van der Waals surface area contributed by atoms with Gasteiger partial charge in [0.05, 0.1) is 19.4 Å². The predicted octanol–water partition coefficient (Wildman–Crippen LogP) is 2.93. The number of nitrogens with two attached hydrogens (primary N) is 1. The first-order chi connectivity index (χ1) is 10.1. The molecule has 0 fully saturated rings. The van der Waals surface area contributed by atoms with Gasteiger partial charge in [-0.1, -0.05) is 0 Å². The maximum absolute atomic E-state index is 12.1. The molecule has 2 aromatic rings. The quantitative estimate of drug-likeness (QED) is 0.829. The van der Waals surface area contributed by atoms with Gasteiger partial charge in [0.15, 0.2) is 0 Å². The number of ether oxygens (including phenoxy) is 2. The third kappa shape index (κ3) is 3.66. The Hall–Kier alpha value is -2.69. The van der Waals surface area contributed by atoms with E-state index in [0.717, 1.165) is 5.75 Å². The van der Waals surface area contributed by atoms with Crippen molar-refractivity contribution in [2.24, 2.45) is 0 Å².